The molecular formula is C31H34FN3O2. The number of carbonyl (C=O) groups excluding carboxylic acids is 2. The van der Waals surface area contributed by atoms with Gasteiger partial charge >= 0.3 is 0 Å². The minimum atomic E-state index is -0.531. The summed E-state index contributed by atoms with van der Waals surface area (Å²) in [5.74, 6) is -1.48. The Hall–Kier alpha value is -3.67. The van der Waals surface area contributed by atoms with E-state index in [9.17, 15) is 14.0 Å². The van der Waals surface area contributed by atoms with E-state index in [0.29, 0.717) is 31.0 Å². The molecule has 2 aliphatic heterocycles. The predicted molar refractivity (Wildman–Crippen MR) is 145 cm³/mol. The molecule has 0 saturated carbocycles. The summed E-state index contributed by atoms with van der Waals surface area (Å²) in [6, 6.07) is 22.3. The van der Waals surface area contributed by atoms with Gasteiger partial charge in [0.1, 0.15) is 5.82 Å². The number of rotatable bonds is 5. The van der Waals surface area contributed by atoms with Crippen LogP contribution in [0.25, 0.3) is 0 Å². The molecule has 37 heavy (non-hydrogen) atoms. The number of anilines is 2. The molecule has 6 heteroatoms. The van der Waals surface area contributed by atoms with Gasteiger partial charge in [-0.15, -0.1) is 0 Å². The molecule has 3 aromatic carbocycles. The Morgan fingerprint density at radius 2 is 1.68 bits per heavy atom. The fraction of sp³-hybridized carbons (Fsp3) is 0.355. The largest absolute Gasteiger partial charge is 0.369 e. The van der Waals surface area contributed by atoms with Gasteiger partial charge in [-0.05, 0) is 74.9 Å². The van der Waals surface area contributed by atoms with Crippen LogP contribution in [0.2, 0.25) is 0 Å². The van der Waals surface area contributed by atoms with Crippen molar-refractivity contribution in [1.29, 1.82) is 0 Å². The molecule has 2 amide bonds. The van der Waals surface area contributed by atoms with Gasteiger partial charge in [0.25, 0.3) is 5.91 Å². The molecule has 0 bridgehead atoms. The van der Waals surface area contributed by atoms with E-state index in [-0.39, 0.29) is 17.4 Å². The molecule has 0 aliphatic carbocycles. The second-order valence-electron chi connectivity index (χ2n) is 10.3. The molecule has 192 valence electrons. The molecule has 3 atom stereocenters. The standard InChI is InChI=1S/C31H34FN3O2/c1-21-10-6-17-27(32)28(21)31(37)35-19-9-16-26(29(35)23-12-4-3-5-13-23)30(36)33-24-14-7-15-25(20-24)34-18-8-11-22(34)2/h3-7,10,12-15,17,20,22,26,29H,8-9,11,16,18-19H2,1-2H3,(H,33,36)/t22?,26?,29-/m0/s1. The molecule has 0 aromatic heterocycles. The third kappa shape index (κ3) is 5.10. The van der Waals surface area contributed by atoms with Gasteiger partial charge in [0.05, 0.1) is 17.5 Å². The highest BCUT2D eigenvalue weighted by atomic mass is 19.1. The molecule has 2 heterocycles. The number of hydrogen-bond acceptors (Lipinski definition) is 3. The monoisotopic (exact) mass is 499 g/mol. The van der Waals surface area contributed by atoms with Crippen molar-refractivity contribution >= 4 is 23.2 Å². The Morgan fingerprint density at radius 3 is 2.41 bits per heavy atom. The molecule has 3 aromatic rings. The molecule has 2 unspecified atom stereocenters. The van der Waals surface area contributed by atoms with Crippen LogP contribution >= 0.6 is 0 Å². The van der Waals surface area contributed by atoms with E-state index in [0.717, 1.165) is 23.5 Å². The molecule has 2 fully saturated rings. The topological polar surface area (TPSA) is 52.7 Å². The summed E-state index contributed by atoms with van der Waals surface area (Å²) in [6.07, 6.45) is 3.66. The number of likely N-dealkylation sites (tertiary alicyclic amines) is 1. The van der Waals surface area contributed by atoms with Crippen molar-refractivity contribution in [3.8, 4) is 0 Å². The van der Waals surface area contributed by atoms with E-state index in [1.165, 1.54) is 18.9 Å². The van der Waals surface area contributed by atoms with E-state index < -0.39 is 17.8 Å². The zero-order valence-electron chi connectivity index (χ0n) is 21.5. The highest BCUT2D eigenvalue weighted by Crippen LogP contribution is 2.38. The lowest BCUT2D eigenvalue weighted by Gasteiger charge is -2.41. The van der Waals surface area contributed by atoms with Crippen molar-refractivity contribution < 1.29 is 14.0 Å². The van der Waals surface area contributed by atoms with Gasteiger partial charge in [0.15, 0.2) is 0 Å². The van der Waals surface area contributed by atoms with Gasteiger partial charge in [0.2, 0.25) is 5.91 Å². The summed E-state index contributed by atoms with van der Waals surface area (Å²) in [5.41, 5.74) is 3.41. The lowest BCUT2D eigenvalue weighted by atomic mass is 9.83. The maximum Gasteiger partial charge on any atom is 0.257 e. The van der Waals surface area contributed by atoms with Crippen LogP contribution in [-0.2, 0) is 4.79 Å². The van der Waals surface area contributed by atoms with Crippen molar-refractivity contribution in [1.82, 2.24) is 4.90 Å². The third-order valence-corrected chi connectivity index (χ3v) is 7.80. The summed E-state index contributed by atoms with van der Waals surface area (Å²) in [4.78, 5) is 31.5. The number of piperidine rings is 1. The van der Waals surface area contributed by atoms with Crippen LogP contribution in [0.15, 0.2) is 72.8 Å². The van der Waals surface area contributed by atoms with Crippen LogP contribution in [-0.4, -0.2) is 35.8 Å². The number of hydrogen-bond donors (Lipinski definition) is 1. The second-order valence-corrected chi connectivity index (χ2v) is 10.3. The van der Waals surface area contributed by atoms with E-state index in [4.69, 9.17) is 0 Å². The van der Waals surface area contributed by atoms with Gasteiger partial charge in [-0.2, -0.15) is 0 Å². The van der Waals surface area contributed by atoms with Crippen molar-refractivity contribution in [3.05, 3.63) is 95.3 Å². The highest BCUT2D eigenvalue weighted by Gasteiger charge is 2.40. The van der Waals surface area contributed by atoms with Gasteiger partial charge < -0.3 is 15.1 Å². The number of carbonyl (C=O) groups is 2. The molecule has 2 saturated heterocycles. The van der Waals surface area contributed by atoms with Gasteiger partial charge in [-0.1, -0.05) is 48.5 Å². The number of nitrogens with one attached hydrogen (secondary N) is 1. The zero-order chi connectivity index (χ0) is 25.9. The summed E-state index contributed by atoms with van der Waals surface area (Å²) < 4.78 is 14.8. The van der Waals surface area contributed by atoms with Crippen molar-refractivity contribution in [3.63, 3.8) is 0 Å². The van der Waals surface area contributed by atoms with Crippen LogP contribution in [0.1, 0.15) is 60.1 Å². The van der Waals surface area contributed by atoms with Crippen LogP contribution in [0.3, 0.4) is 0 Å². The first-order chi connectivity index (χ1) is 17.9. The summed E-state index contributed by atoms with van der Waals surface area (Å²) in [6.45, 7) is 5.46. The quantitative estimate of drug-likeness (QED) is 0.445. The average Bonchev–Trinajstić information content (AvgIpc) is 3.34. The van der Waals surface area contributed by atoms with Crippen LogP contribution < -0.4 is 10.2 Å². The Labute approximate surface area is 218 Å². The summed E-state index contributed by atoms with van der Waals surface area (Å²) >= 11 is 0. The van der Waals surface area contributed by atoms with Crippen LogP contribution in [0.5, 0.6) is 0 Å². The normalized spacial score (nSPS) is 21.6. The molecule has 0 radical (unpaired) electrons. The van der Waals surface area contributed by atoms with Crippen molar-refractivity contribution in [2.75, 3.05) is 23.3 Å². The third-order valence-electron chi connectivity index (χ3n) is 7.80. The molecule has 0 spiro atoms. The first kappa shape index (κ1) is 25.0. The number of benzene rings is 3. The van der Waals surface area contributed by atoms with Gasteiger partial charge in [0, 0.05) is 30.5 Å². The van der Waals surface area contributed by atoms with Crippen LogP contribution in [0.4, 0.5) is 15.8 Å². The maximum atomic E-state index is 14.8. The number of aryl methyl sites for hydroxylation is 1. The lowest BCUT2D eigenvalue weighted by molar-refractivity contribution is -0.123. The highest BCUT2D eigenvalue weighted by molar-refractivity contribution is 5.98. The van der Waals surface area contributed by atoms with E-state index in [2.05, 4.69) is 23.2 Å². The number of halogens is 1. The lowest BCUT2D eigenvalue weighted by Crippen LogP contribution is -2.46. The predicted octanol–water partition coefficient (Wildman–Crippen LogP) is 6.36. The number of amides is 2. The van der Waals surface area contributed by atoms with Crippen molar-refractivity contribution in [2.45, 2.75) is 51.6 Å². The second kappa shape index (κ2) is 10.8. The van der Waals surface area contributed by atoms with Crippen LogP contribution in [0, 0.1) is 18.7 Å². The molecule has 5 nitrogen and oxygen atoms in total. The minimum Gasteiger partial charge on any atom is -0.369 e. The molecule has 5 rings (SSSR count). The molecule has 1 N–H and O–H groups in total. The Kier molecular flexibility index (Phi) is 7.26. The maximum absolute atomic E-state index is 14.8. The Balaban J connectivity index is 1.44. The van der Waals surface area contributed by atoms with Crippen molar-refractivity contribution in [2.24, 2.45) is 5.92 Å². The molecule has 2 aliphatic rings. The van der Waals surface area contributed by atoms with E-state index in [1.54, 1.807) is 24.0 Å². The average molecular weight is 500 g/mol. The Morgan fingerprint density at radius 1 is 0.919 bits per heavy atom. The summed E-state index contributed by atoms with van der Waals surface area (Å²) in [7, 11) is 0. The van der Waals surface area contributed by atoms with Gasteiger partial charge in [-0.3, -0.25) is 9.59 Å². The van der Waals surface area contributed by atoms with E-state index >= 15 is 0 Å². The van der Waals surface area contributed by atoms with E-state index in [1.807, 2.05) is 48.5 Å². The fourth-order valence-corrected chi connectivity index (χ4v) is 5.92. The Bertz CT molecular complexity index is 1260. The molecular weight excluding hydrogens is 465 g/mol. The minimum absolute atomic E-state index is 0.0805. The first-order valence-corrected chi connectivity index (χ1v) is 13.2. The first-order valence-electron chi connectivity index (χ1n) is 13.2. The smallest absolute Gasteiger partial charge is 0.257 e. The number of nitrogens with zero attached hydrogens (tertiary/aromatic N) is 2. The van der Waals surface area contributed by atoms with Gasteiger partial charge in [-0.25, -0.2) is 4.39 Å². The SMILES string of the molecule is Cc1cccc(F)c1C(=O)N1CCCC(C(=O)Nc2cccc(N3CCCC3C)c2)[C@@H]1c1ccccc1. The fourth-order valence-electron chi connectivity index (χ4n) is 5.92. The zero-order valence-corrected chi connectivity index (χ0v) is 21.5. The summed E-state index contributed by atoms with van der Waals surface area (Å²) in [5, 5.41) is 3.13.